The Bertz CT molecular complexity index is 1830. The number of nitrogens with one attached hydrogen (secondary N) is 2. The molecule has 4 atom stereocenters. The standard InChI is InChI=1S/C34H42ClN5O11S2/c1-32(2,3)49-29(44)34(7,8)51-39-22(21-16-52-30(36-21)38-31(45)50-33(4,5)6)25(41)37-23-26(42)40-24(19(14-35)17-53(46)27(23)40)28(43)48-15-18-10-12-20(47-9)13-11-18/h10-13,16-17,23-24,27H,14-15H2,1-9H3,(H,37,41)(H,36,38,45)/b39-22-/t23-,24?,27-,53?/m1/s1. The highest BCUT2D eigenvalue weighted by Gasteiger charge is 2.59. The van der Waals surface area contributed by atoms with Crippen LogP contribution in [-0.2, 0) is 55.6 Å². The fraction of sp³-hybridized carbons (Fsp3) is 0.500. The molecule has 2 N–H and O–H groups in total. The number of benzene rings is 1. The van der Waals surface area contributed by atoms with Crippen molar-refractivity contribution in [3.8, 4) is 5.75 Å². The number of methoxy groups -OCH3 is 1. The van der Waals surface area contributed by atoms with Crippen molar-refractivity contribution in [2.75, 3.05) is 18.3 Å². The van der Waals surface area contributed by atoms with Crippen LogP contribution in [0.15, 0.2) is 45.8 Å². The number of hydrogen-bond donors (Lipinski definition) is 2. The van der Waals surface area contributed by atoms with Crippen LogP contribution in [0.5, 0.6) is 5.75 Å². The highest BCUT2D eigenvalue weighted by molar-refractivity contribution is 7.88. The number of carbonyl (C=O) groups excluding carboxylic acids is 5. The van der Waals surface area contributed by atoms with Crippen molar-refractivity contribution in [3.63, 3.8) is 0 Å². The van der Waals surface area contributed by atoms with Crippen LogP contribution >= 0.6 is 22.9 Å². The highest BCUT2D eigenvalue weighted by atomic mass is 35.5. The van der Waals surface area contributed by atoms with E-state index < -0.39 is 80.6 Å². The van der Waals surface area contributed by atoms with E-state index in [4.69, 9.17) is 35.4 Å². The molecule has 2 aliphatic heterocycles. The van der Waals surface area contributed by atoms with Gasteiger partial charge in [-0.25, -0.2) is 19.4 Å². The molecule has 3 amide bonds. The average molecular weight is 796 g/mol. The van der Waals surface area contributed by atoms with Crippen LogP contribution in [0.1, 0.15) is 66.6 Å². The molecule has 4 rings (SSSR count). The van der Waals surface area contributed by atoms with E-state index in [2.05, 4.69) is 20.8 Å². The molecule has 1 aromatic heterocycles. The van der Waals surface area contributed by atoms with E-state index in [0.29, 0.717) is 11.3 Å². The second-order valence-electron chi connectivity index (χ2n) is 14.3. The van der Waals surface area contributed by atoms with Crippen LogP contribution in [0.25, 0.3) is 0 Å². The van der Waals surface area contributed by atoms with Gasteiger partial charge < -0.3 is 34.0 Å². The van der Waals surface area contributed by atoms with E-state index in [1.165, 1.54) is 31.7 Å². The summed E-state index contributed by atoms with van der Waals surface area (Å²) in [5, 5.41) is 10.5. The molecule has 53 heavy (non-hydrogen) atoms. The van der Waals surface area contributed by atoms with Crippen molar-refractivity contribution in [1.29, 1.82) is 0 Å². The number of anilines is 1. The monoisotopic (exact) mass is 795 g/mol. The van der Waals surface area contributed by atoms with Crippen molar-refractivity contribution >= 4 is 74.4 Å². The van der Waals surface area contributed by atoms with Gasteiger partial charge in [-0.05, 0) is 78.7 Å². The summed E-state index contributed by atoms with van der Waals surface area (Å²) in [4.78, 5) is 76.9. The lowest BCUT2D eigenvalue weighted by molar-refractivity contribution is -0.179. The second kappa shape index (κ2) is 16.2. The third-order valence-corrected chi connectivity index (χ3v) is 9.82. The normalized spacial score (nSPS) is 20.3. The van der Waals surface area contributed by atoms with Gasteiger partial charge >= 0.3 is 18.0 Å². The lowest BCUT2D eigenvalue weighted by atomic mass is 9.98. The maximum absolute atomic E-state index is 13.9. The molecule has 0 spiro atoms. The molecule has 1 saturated heterocycles. The van der Waals surface area contributed by atoms with Gasteiger partial charge in [-0.3, -0.25) is 19.1 Å². The van der Waals surface area contributed by atoms with Crippen LogP contribution in [0.4, 0.5) is 9.93 Å². The molecule has 1 aromatic carbocycles. The van der Waals surface area contributed by atoms with Gasteiger partial charge in [0.15, 0.2) is 16.9 Å². The largest absolute Gasteiger partial charge is 0.497 e. The second-order valence-corrected chi connectivity index (χ2v) is 16.8. The number of oxime groups is 1. The molecule has 0 aliphatic carbocycles. The fourth-order valence-electron chi connectivity index (χ4n) is 4.77. The van der Waals surface area contributed by atoms with E-state index >= 15 is 0 Å². The number of halogens is 1. The van der Waals surface area contributed by atoms with Crippen molar-refractivity contribution < 1.29 is 52.0 Å². The summed E-state index contributed by atoms with van der Waals surface area (Å²) in [6.45, 7) is 12.7. The lowest BCUT2D eigenvalue weighted by Gasteiger charge is -2.51. The predicted octanol–water partition coefficient (Wildman–Crippen LogP) is 3.99. The number of hydrogen-bond acceptors (Lipinski definition) is 14. The number of alkyl halides is 1. The number of rotatable bonds is 12. The predicted molar refractivity (Wildman–Crippen MR) is 196 cm³/mol. The number of ether oxygens (including phenoxy) is 4. The van der Waals surface area contributed by atoms with E-state index in [1.54, 1.807) is 65.8 Å². The minimum absolute atomic E-state index is 0.0372. The van der Waals surface area contributed by atoms with Gasteiger partial charge in [0.2, 0.25) is 11.5 Å². The first-order chi connectivity index (χ1) is 24.6. The molecule has 16 nitrogen and oxygen atoms in total. The SMILES string of the molecule is COc1ccc(COC(=O)C2C(CCl)=CS(=O)[C@@H]3[C@H](NC(=O)/C(=N\OC(C)(C)C(=O)OC(C)(C)C)c4csc(NC(=O)OC(C)(C)C)n4)C(=O)N23)cc1. The van der Waals surface area contributed by atoms with E-state index in [-0.39, 0.29) is 28.9 Å². The van der Waals surface area contributed by atoms with Crippen LogP contribution in [0, 0.1) is 0 Å². The number of thiazole rings is 1. The van der Waals surface area contributed by atoms with E-state index in [0.717, 1.165) is 16.2 Å². The lowest BCUT2D eigenvalue weighted by Crippen LogP contribution is -2.76. The Labute approximate surface area is 318 Å². The molecule has 288 valence electrons. The van der Waals surface area contributed by atoms with Gasteiger partial charge in [-0.1, -0.05) is 17.3 Å². The summed E-state index contributed by atoms with van der Waals surface area (Å²) in [5.74, 6) is -2.93. The number of esters is 2. The molecule has 0 bridgehead atoms. The zero-order chi connectivity index (χ0) is 39.5. The Morgan fingerprint density at radius 2 is 1.66 bits per heavy atom. The number of β-lactam (4-membered cyclic amide) rings is 1. The molecule has 0 radical (unpaired) electrons. The van der Waals surface area contributed by atoms with Gasteiger partial charge in [-0.15, -0.1) is 22.9 Å². The van der Waals surface area contributed by atoms with E-state index in [1.807, 2.05) is 0 Å². The minimum Gasteiger partial charge on any atom is -0.497 e. The maximum Gasteiger partial charge on any atom is 0.413 e. The first kappa shape index (κ1) is 41.2. The molecule has 2 unspecified atom stereocenters. The third-order valence-electron chi connectivity index (χ3n) is 7.24. The number of fused-ring (bicyclic) bond motifs is 1. The van der Waals surface area contributed by atoms with Gasteiger partial charge in [-0.2, -0.15) is 0 Å². The summed E-state index contributed by atoms with van der Waals surface area (Å²) in [7, 11) is -0.372. The maximum atomic E-state index is 13.9. The average Bonchev–Trinajstić information content (AvgIpc) is 3.51. The Kier molecular flexibility index (Phi) is 12.6. The molecule has 19 heteroatoms. The molecular weight excluding hydrogens is 754 g/mol. The first-order valence-corrected chi connectivity index (χ1v) is 18.9. The minimum atomic E-state index is -1.89. The van der Waals surface area contributed by atoms with Gasteiger partial charge in [0.1, 0.15) is 40.7 Å². The topological polar surface area (TPSA) is 201 Å². The van der Waals surface area contributed by atoms with Gasteiger partial charge in [0, 0.05) is 16.7 Å². The first-order valence-electron chi connectivity index (χ1n) is 16.2. The molecule has 2 aliphatic rings. The van der Waals surface area contributed by atoms with Crippen LogP contribution in [0.2, 0.25) is 0 Å². The van der Waals surface area contributed by atoms with Crippen molar-refractivity contribution in [2.45, 2.75) is 96.3 Å². The van der Waals surface area contributed by atoms with E-state index in [9.17, 15) is 28.2 Å². The number of carbonyl (C=O) groups is 5. The van der Waals surface area contributed by atoms with Crippen molar-refractivity contribution in [3.05, 3.63) is 51.9 Å². The number of aromatic nitrogens is 1. The van der Waals surface area contributed by atoms with Crippen molar-refractivity contribution in [1.82, 2.24) is 15.2 Å². The summed E-state index contributed by atoms with van der Waals surface area (Å²) < 4.78 is 34.7. The molecular formula is C34H42ClN5O11S2. The smallest absolute Gasteiger partial charge is 0.413 e. The molecule has 1 fully saturated rings. The van der Waals surface area contributed by atoms with Crippen LogP contribution in [0.3, 0.4) is 0 Å². The number of amides is 3. The van der Waals surface area contributed by atoms with Gasteiger partial charge in [0.25, 0.3) is 5.91 Å². The molecule has 2 aromatic rings. The Balaban J connectivity index is 1.57. The Morgan fingerprint density at radius 1 is 1.02 bits per heavy atom. The zero-order valence-corrected chi connectivity index (χ0v) is 33.0. The molecule has 3 heterocycles. The third kappa shape index (κ3) is 10.3. The summed E-state index contributed by atoms with van der Waals surface area (Å²) >= 11 is 7.04. The Hall–Kier alpha value is -4.55. The molecule has 0 saturated carbocycles. The highest BCUT2D eigenvalue weighted by Crippen LogP contribution is 2.35. The Morgan fingerprint density at radius 3 is 2.25 bits per heavy atom. The summed E-state index contributed by atoms with van der Waals surface area (Å²) in [6.07, 6.45) is -0.801. The van der Waals surface area contributed by atoms with Crippen LogP contribution < -0.4 is 15.4 Å². The number of nitrogens with zero attached hydrogens (tertiary/aromatic N) is 3. The summed E-state index contributed by atoms with van der Waals surface area (Å²) in [5.41, 5.74) is -3.09. The van der Waals surface area contributed by atoms with Crippen molar-refractivity contribution in [2.24, 2.45) is 5.16 Å². The zero-order valence-electron chi connectivity index (χ0n) is 30.6. The quantitative estimate of drug-likeness (QED) is 0.0783. The summed E-state index contributed by atoms with van der Waals surface area (Å²) in [6, 6.07) is 4.14. The van der Waals surface area contributed by atoms with Crippen LogP contribution in [-0.4, -0.2) is 96.9 Å². The van der Waals surface area contributed by atoms with Gasteiger partial charge in [0.05, 0.1) is 17.9 Å². The fourth-order valence-corrected chi connectivity index (χ4v) is 7.32.